The molecule has 1 heterocycles. The SMILES string of the molecule is CC(C)CN1CC(C(=O)NC2CCc3ccccc32)CC1=O. The molecular weight excluding hydrogens is 276 g/mol. The van der Waals surface area contributed by atoms with Crippen LogP contribution >= 0.6 is 0 Å². The minimum Gasteiger partial charge on any atom is -0.349 e. The van der Waals surface area contributed by atoms with E-state index in [-0.39, 0.29) is 23.8 Å². The third kappa shape index (κ3) is 3.01. The number of carbonyl (C=O) groups excluding carboxylic acids is 2. The van der Waals surface area contributed by atoms with Crippen LogP contribution in [0.25, 0.3) is 0 Å². The summed E-state index contributed by atoms with van der Waals surface area (Å²) < 4.78 is 0. The Bertz CT molecular complexity index is 582. The van der Waals surface area contributed by atoms with Gasteiger partial charge in [0.05, 0.1) is 12.0 Å². The molecular formula is C18H24N2O2. The first-order valence-electron chi connectivity index (χ1n) is 8.20. The Morgan fingerprint density at radius 2 is 2.14 bits per heavy atom. The molecule has 1 aromatic rings. The highest BCUT2D eigenvalue weighted by Crippen LogP contribution is 2.31. The monoisotopic (exact) mass is 300 g/mol. The quantitative estimate of drug-likeness (QED) is 0.927. The Morgan fingerprint density at radius 1 is 1.36 bits per heavy atom. The van der Waals surface area contributed by atoms with Gasteiger partial charge in [0.2, 0.25) is 11.8 Å². The molecule has 1 aliphatic heterocycles. The number of amides is 2. The van der Waals surface area contributed by atoms with Gasteiger partial charge in [-0.15, -0.1) is 0 Å². The van der Waals surface area contributed by atoms with E-state index in [0.29, 0.717) is 18.9 Å². The van der Waals surface area contributed by atoms with Crippen molar-refractivity contribution in [2.75, 3.05) is 13.1 Å². The lowest BCUT2D eigenvalue weighted by molar-refractivity contribution is -0.129. The van der Waals surface area contributed by atoms with Gasteiger partial charge in [0.15, 0.2) is 0 Å². The van der Waals surface area contributed by atoms with Gasteiger partial charge in [-0.1, -0.05) is 38.1 Å². The lowest BCUT2D eigenvalue weighted by Gasteiger charge is -2.20. The van der Waals surface area contributed by atoms with Crippen molar-refractivity contribution in [2.24, 2.45) is 11.8 Å². The van der Waals surface area contributed by atoms with E-state index in [4.69, 9.17) is 0 Å². The van der Waals surface area contributed by atoms with E-state index in [9.17, 15) is 9.59 Å². The first-order valence-corrected chi connectivity index (χ1v) is 8.20. The molecule has 22 heavy (non-hydrogen) atoms. The fourth-order valence-electron chi connectivity index (χ4n) is 3.56. The first kappa shape index (κ1) is 15.1. The number of fused-ring (bicyclic) bond motifs is 1. The maximum absolute atomic E-state index is 12.5. The highest BCUT2D eigenvalue weighted by atomic mass is 16.2. The second-order valence-corrected chi connectivity index (χ2v) is 6.89. The zero-order valence-electron chi connectivity index (χ0n) is 13.3. The molecule has 0 aromatic heterocycles. The standard InChI is InChI=1S/C18H24N2O2/c1-12(2)10-20-11-14(9-17(20)21)18(22)19-16-8-7-13-5-3-4-6-15(13)16/h3-6,12,14,16H,7-11H2,1-2H3,(H,19,22). The molecule has 0 radical (unpaired) electrons. The third-order valence-electron chi connectivity index (χ3n) is 4.62. The summed E-state index contributed by atoms with van der Waals surface area (Å²) in [4.78, 5) is 26.3. The summed E-state index contributed by atoms with van der Waals surface area (Å²) in [6.07, 6.45) is 2.33. The zero-order valence-corrected chi connectivity index (χ0v) is 13.3. The largest absolute Gasteiger partial charge is 0.349 e. The molecule has 4 heteroatoms. The molecule has 0 bridgehead atoms. The number of nitrogens with zero attached hydrogens (tertiary/aromatic N) is 1. The summed E-state index contributed by atoms with van der Waals surface area (Å²) in [6, 6.07) is 8.40. The average Bonchev–Trinajstić information content (AvgIpc) is 3.04. The molecule has 1 N–H and O–H groups in total. The smallest absolute Gasteiger partial charge is 0.225 e. The predicted octanol–water partition coefficient (Wildman–Crippen LogP) is 2.29. The molecule has 0 saturated carbocycles. The van der Waals surface area contributed by atoms with Crippen molar-refractivity contribution in [1.82, 2.24) is 10.2 Å². The average molecular weight is 300 g/mol. The van der Waals surface area contributed by atoms with E-state index in [1.807, 2.05) is 17.0 Å². The van der Waals surface area contributed by atoms with Crippen LogP contribution in [-0.2, 0) is 16.0 Å². The number of carbonyl (C=O) groups is 2. The van der Waals surface area contributed by atoms with Crippen LogP contribution in [-0.4, -0.2) is 29.8 Å². The Balaban J connectivity index is 1.61. The van der Waals surface area contributed by atoms with Crippen molar-refractivity contribution >= 4 is 11.8 Å². The minimum atomic E-state index is -0.195. The minimum absolute atomic E-state index is 0.0290. The van der Waals surface area contributed by atoms with Gasteiger partial charge in [0.1, 0.15) is 0 Å². The Morgan fingerprint density at radius 3 is 2.91 bits per heavy atom. The molecule has 2 amide bonds. The Hall–Kier alpha value is -1.84. The maximum Gasteiger partial charge on any atom is 0.225 e. The van der Waals surface area contributed by atoms with Gasteiger partial charge < -0.3 is 10.2 Å². The third-order valence-corrected chi connectivity index (χ3v) is 4.62. The van der Waals surface area contributed by atoms with Crippen LogP contribution in [0.3, 0.4) is 0 Å². The van der Waals surface area contributed by atoms with Gasteiger partial charge in [-0.2, -0.15) is 0 Å². The van der Waals surface area contributed by atoms with E-state index >= 15 is 0 Å². The molecule has 1 aliphatic carbocycles. The number of aryl methyl sites for hydroxylation is 1. The van der Waals surface area contributed by atoms with Crippen molar-refractivity contribution in [1.29, 1.82) is 0 Å². The maximum atomic E-state index is 12.5. The van der Waals surface area contributed by atoms with Crippen molar-refractivity contribution in [3.05, 3.63) is 35.4 Å². The second-order valence-electron chi connectivity index (χ2n) is 6.89. The van der Waals surface area contributed by atoms with Gasteiger partial charge in [-0.3, -0.25) is 9.59 Å². The zero-order chi connectivity index (χ0) is 15.7. The molecule has 1 aromatic carbocycles. The number of benzene rings is 1. The molecule has 118 valence electrons. The molecule has 4 nitrogen and oxygen atoms in total. The summed E-state index contributed by atoms with van der Waals surface area (Å²) in [5.74, 6) is 0.383. The number of hydrogen-bond acceptors (Lipinski definition) is 2. The van der Waals surface area contributed by atoms with Gasteiger partial charge in [-0.25, -0.2) is 0 Å². The molecule has 2 unspecified atom stereocenters. The summed E-state index contributed by atoms with van der Waals surface area (Å²) in [5.41, 5.74) is 2.57. The van der Waals surface area contributed by atoms with Gasteiger partial charge in [0.25, 0.3) is 0 Å². The van der Waals surface area contributed by atoms with Gasteiger partial charge in [0, 0.05) is 19.5 Å². The number of hydrogen-bond donors (Lipinski definition) is 1. The lowest BCUT2D eigenvalue weighted by atomic mass is 10.1. The van der Waals surface area contributed by atoms with Crippen LogP contribution in [0.1, 0.15) is 43.9 Å². The van der Waals surface area contributed by atoms with Crippen LogP contribution in [0.2, 0.25) is 0 Å². The predicted molar refractivity (Wildman–Crippen MR) is 85.2 cm³/mol. The van der Waals surface area contributed by atoms with Gasteiger partial charge in [-0.05, 0) is 29.9 Å². The molecule has 0 spiro atoms. The normalized spacial score (nSPS) is 24.0. The van der Waals surface area contributed by atoms with Crippen LogP contribution < -0.4 is 5.32 Å². The molecule has 3 rings (SSSR count). The van der Waals surface area contributed by atoms with Crippen LogP contribution in [0.15, 0.2) is 24.3 Å². The highest BCUT2D eigenvalue weighted by Gasteiger charge is 2.35. The Labute approximate surface area is 131 Å². The molecule has 1 saturated heterocycles. The topological polar surface area (TPSA) is 49.4 Å². The highest BCUT2D eigenvalue weighted by molar-refractivity contribution is 5.89. The van der Waals surface area contributed by atoms with Crippen LogP contribution in [0.5, 0.6) is 0 Å². The van der Waals surface area contributed by atoms with Crippen LogP contribution in [0, 0.1) is 11.8 Å². The number of likely N-dealkylation sites (tertiary alicyclic amines) is 1. The molecule has 2 atom stereocenters. The fourth-order valence-corrected chi connectivity index (χ4v) is 3.56. The lowest BCUT2D eigenvalue weighted by Crippen LogP contribution is -2.35. The van der Waals surface area contributed by atoms with Crippen molar-refractivity contribution in [3.8, 4) is 0 Å². The van der Waals surface area contributed by atoms with E-state index in [1.54, 1.807) is 0 Å². The first-order chi connectivity index (χ1) is 10.5. The van der Waals surface area contributed by atoms with E-state index in [1.165, 1.54) is 11.1 Å². The fraction of sp³-hybridized carbons (Fsp3) is 0.556. The van der Waals surface area contributed by atoms with Crippen molar-refractivity contribution in [2.45, 2.75) is 39.2 Å². The van der Waals surface area contributed by atoms with E-state index < -0.39 is 0 Å². The summed E-state index contributed by atoms with van der Waals surface area (Å²) in [7, 11) is 0. The van der Waals surface area contributed by atoms with E-state index in [0.717, 1.165) is 19.4 Å². The number of nitrogens with one attached hydrogen (secondary N) is 1. The van der Waals surface area contributed by atoms with Gasteiger partial charge >= 0.3 is 0 Å². The summed E-state index contributed by atoms with van der Waals surface area (Å²) >= 11 is 0. The molecule has 1 fully saturated rings. The molecule has 2 aliphatic rings. The number of rotatable bonds is 4. The van der Waals surface area contributed by atoms with E-state index in [2.05, 4.69) is 31.3 Å². The summed E-state index contributed by atoms with van der Waals surface area (Å²) in [6.45, 7) is 5.50. The van der Waals surface area contributed by atoms with Crippen LogP contribution in [0.4, 0.5) is 0 Å². The summed E-state index contributed by atoms with van der Waals surface area (Å²) in [5, 5.41) is 3.15. The van der Waals surface area contributed by atoms with Crippen molar-refractivity contribution in [3.63, 3.8) is 0 Å². The second kappa shape index (κ2) is 6.11. The van der Waals surface area contributed by atoms with Crippen molar-refractivity contribution < 1.29 is 9.59 Å². The Kier molecular flexibility index (Phi) is 4.19.